The summed E-state index contributed by atoms with van der Waals surface area (Å²) < 4.78 is 9.04. The Morgan fingerprint density at radius 2 is 1.72 bits per heavy atom. The number of hydrogen-bond donors (Lipinski definition) is 0. The van der Waals surface area contributed by atoms with E-state index in [1.165, 1.54) is 38.5 Å². The summed E-state index contributed by atoms with van der Waals surface area (Å²) in [6.45, 7) is 4.41. The van der Waals surface area contributed by atoms with Gasteiger partial charge in [-0.3, -0.25) is 4.98 Å². The molecule has 0 saturated carbocycles. The maximum atomic E-state index is 6.65. The molecule has 0 N–H and O–H groups in total. The summed E-state index contributed by atoms with van der Waals surface area (Å²) in [5, 5.41) is 3.44. The number of ether oxygens (including phenoxy) is 1. The van der Waals surface area contributed by atoms with Crippen molar-refractivity contribution in [1.82, 2.24) is 19.2 Å². The molecule has 0 fully saturated rings. The number of allylic oxidation sites excluding steroid dienone is 5. The zero-order valence-corrected chi connectivity index (χ0v) is 25.8. The van der Waals surface area contributed by atoms with Crippen LogP contribution in [0.3, 0.4) is 0 Å². The average Bonchev–Trinajstić information content (AvgIpc) is 3.48. The third-order valence-corrected chi connectivity index (χ3v) is 9.49. The summed E-state index contributed by atoms with van der Waals surface area (Å²) in [6, 6.07) is 27.8. The van der Waals surface area contributed by atoms with Crippen molar-refractivity contribution in [2.75, 3.05) is 0 Å². The number of hydrogen-bond acceptors (Lipinski definition) is 4. The van der Waals surface area contributed by atoms with E-state index >= 15 is 0 Å². The van der Waals surface area contributed by atoms with Crippen LogP contribution in [0.1, 0.15) is 28.9 Å². The summed E-state index contributed by atoms with van der Waals surface area (Å²) in [5.41, 5.74) is 11.4. The molecule has 220 valence electrons. The van der Waals surface area contributed by atoms with Gasteiger partial charge in [0, 0.05) is 34.7 Å². The number of pyridine rings is 2. The van der Waals surface area contributed by atoms with Gasteiger partial charge in [0.2, 0.25) is 0 Å². The molecular formula is C40H31BN4O. The summed E-state index contributed by atoms with van der Waals surface area (Å²) in [4.78, 5) is 12.4. The van der Waals surface area contributed by atoms with Gasteiger partial charge < -0.3 is 13.9 Å². The molecule has 2 aliphatic heterocycles. The van der Waals surface area contributed by atoms with E-state index in [1.807, 2.05) is 18.3 Å². The molecule has 6 heteroatoms. The second kappa shape index (κ2) is 10.5. The normalized spacial score (nSPS) is 17.0. The summed E-state index contributed by atoms with van der Waals surface area (Å²) in [6.07, 6.45) is 19.7. The van der Waals surface area contributed by atoms with Crippen LogP contribution in [0.5, 0.6) is 5.75 Å². The van der Waals surface area contributed by atoms with Gasteiger partial charge in [0.15, 0.2) is 0 Å². The Hall–Kier alpha value is -5.62. The van der Waals surface area contributed by atoms with Gasteiger partial charge in [0.25, 0.3) is 0 Å². The topological polar surface area (TPSA) is 42.7 Å². The average molecular weight is 595 g/mol. The predicted molar refractivity (Wildman–Crippen MR) is 190 cm³/mol. The molecule has 1 unspecified atom stereocenters. The van der Waals surface area contributed by atoms with E-state index in [2.05, 4.69) is 144 Å². The first-order valence-electron chi connectivity index (χ1n) is 15.9. The Labute approximate surface area is 268 Å². The lowest BCUT2D eigenvalue weighted by molar-refractivity contribution is 0.254. The highest BCUT2D eigenvalue weighted by Gasteiger charge is 2.39. The van der Waals surface area contributed by atoms with Gasteiger partial charge in [-0.2, -0.15) is 0 Å². The fraction of sp³-hybridized carbons (Fsp3) is 0.100. The van der Waals surface area contributed by atoms with E-state index in [9.17, 15) is 0 Å². The molecule has 5 nitrogen and oxygen atoms in total. The maximum absolute atomic E-state index is 6.65. The maximum Gasteiger partial charge on any atom is 0.348 e. The summed E-state index contributed by atoms with van der Waals surface area (Å²) >= 11 is 0. The highest BCUT2D eigenvalue weighted by Crippen LogP contribution is 2.35. The van der Waals surface area contributed by atoms with E-state index in [1.54, 1.807) is 0 Å². The Morgan fingerprint density at radius 1 is 0.848 bits per heavy atom. The van der Waals surface area contributed by atoms with Crippen molar-refractivity contribution in [2.24, 2.45) is 0 Å². The Bertz CT molecular complexity index is 2340. The SMILES string of the molecule is Cc1cccc(C)c1B1c2c(nc3c4cc(OC5C=CC=C(c6ccccn6)C5)ccc4c4ccccc4n23)C=C2C=CC=CN12. The van der Waals surface area contributed by atoms with Gasteiger partial charge in [-0.05, 0) is 97.2 Å². The van der Waals surface area contributed by atoms with Gasteiger partial charge in [-0.1, -0.05) is 71.8 Å². The first-order valence-corrected chi connectivity index (χ1v) is 15.9. The van der Waals surface area contributed by atoms with Crippen molar-refractivity contribution < 1.29 is 4.74 Å². The quantitative estimate of drug-likeness (QED) is 0.159. The number of aryl methyl sites for hydroxylation is 2. The van der Waals surface area contributed by atoms with Crippen molar-refractivity contribution in [3.63, 3.8) is 0 Å². The molecule has 9 rings (SSSR count). The molecule has 0 radical (unpaired) electrons. The predicted octanol–water partition coefficient (Wildman–Crippen LogP) is 7.29. The molecule has 46 heavy (non-hydrogen) atoms. The van der Waals surface area contributed by atoms with Crippen LogP contribution in [0.25, 0.3) is 39.0 Å². The van der Waals surface area contributed by atoms with Gasteiger partial charge in [0.05, 0.1) is 16.9 Å². The first-order chi connectivity index (χ1) is 22.6. The smallest absolute Gasteiger partial charge is 0.348 e. The van der Waals surface area contributed by atoms with Gasteiger partial charge >= 0.3 is 6.85 Å². The lowest BCUT2D eigenvalue weighted by Crippen LogP contribution is -2.59. The zero-order valence-electron chi connectivity index (χ0n) is 25.8. The van der Waals surface area contributed by atoms with Crippen molar-refractivity contribution in [3.8, 4) is 5.75 Å². The van der Waals surface area contributed by atoms with Crippen LogP contribution in [-0.4, -0.2) is 32.1 Å². The van der Waals surface area contributed by atoms with E-state index < -0.39 is 0 Å². The number of nitrogens with zero attached hydrogens (tertiary/aromatic N) is 4. The molecule has 3 aromatic heterocycles. The summed E-state index contributed by atoms with van der Waals surface area (Å²) in [7, 11) is 0. The second-order valence-electron chi connectivity index (χ2n) is 12.3. The van der Waals surface area contributed by atoms with Crippen LogP contribution in [0, 0.1) is 13.8 Å². The largest absolute Gasteiger partial charge is 0.486 e. The fourth-order valence-electron chi connectivity index (χ4n) is 7.44. The minimum atomic E-state index is -0.0865. The standard InChI is InChI=1S/C40H31BN4O/c1-26-11-9-12-27(2)38(26)41-39-36(24-29-14-6-8-22-44(29)41)43-40-34-25-31(19-20-32(34)33-16-3-4-18-37(33)45(39)40)46-30-15-10-13-28(23-30)35-17-5-7-21-42-35/h3-22,24-25,30H,23H2,1-2H3. The number of aromatic nitrogens is 3. The molecule has 0 bridgehead atoms. The molecule has 0 amide bonds. The van der Waals surface area contributed by atoms with Gasteiger partial charge in [-0.25, -0.2) is 4.98 Å². The third kappa shape index (κ3) is 4.17. The summed E-state index contributed by atoms with van der Waals surface area (Å²) in [5.74, 6) is 0.829. The number of para-hydroxylation sites is 1. The zero-order chi connectivity index (χ0) is 30.8. The van der Waals surface area contributed by atoms with Gasteiger partial charge in [0.1, 0.15) is 17.5 Å². The molecule has 6 aromatic rings. The molecule has 5 heterocycles. The number of benzene rings is 3. The van der Waals surface area contributed by atoms with Crippen LogP contribution in [-0.2, 0) is 0 Å². The lowest BCUT2D eigenvalue weighted by atomic mass is 9.47. The van der Waals surface area contributed by atoms with Crippen molar-refractivity contribution >= 4 is 56.9 Å². The monoisotopic (exact) mass is 594 g/mol. The minimum Gasteiger partial charge on any atom is -0.486 e. The van der Waals surface area contributed by atoms with Crippen LogP contribution in [0.2, 0.25) is 0 Å². The van der Waals surface area contributed by atoms with Crippen LogP contribution in [0.4, 0.5) is 0 Å². The van der Waals surface area contributed by atoms with E-state index in [4.69, 9.17) is 9.72 Å². The third-order valence-electron chi connectivity index (χ3n) is 9.49. The molecule has 3 aromatic carbocycles. The number of fused-ring (bicyclic) bond motifs is 9. The number of imidazole rings is 1. The minimum absolute atomic E-state index is 0.0307. The first kappa shape index (κ1) is 26.8. The Kier molecular flexibility index (Phi) is 6.10. The van der Waals surface area contributed by atoms with Crippen LogP contribution >= 0.6 is 0 Å². The molecule has 1 atom stereocenters. The van der Waals surface area contributed by atoms with Crippen LogP contribution in [0.15, 0.2) is 133 Å². The highest BCUT2D eigenvalue weighted by molar-refractivity contribution is 6.84. The van der Waals surface area contributed by atoms with Crippen molar-refractivity contribution in [3.05, 3.63) is 156 Å². The molecule has 3 aliphatic rings. The fourth-order valence-corrected chi connectivity index (χ4v) is 7.44. The molecular weight excluding hydrogens is 563 g/mol. The second-order valence-corrected chi connectivity index (χ2v) is 12.3. The molecule has 0 spiro atoms. The number of rotatable bonds is 4. The van der Waals surface area contributed by atoms with Crippen molar-refractivity contribution in [1.29, 1.82) is 0 Å². The molecule has 0 saturated heterocycles. The van der Waals surface area contributed by atoms with Crippen LogP contribution < -0.4 is 15.8 Å². The molecule has 1 aliphatic carbocycles. The van der Waals surface area contributed by atoms with Gasteiger partial charge in [-0.15, -0.1) is 0 Å². The van der Waals surface area contributed by atoms with E-state index in [0.29, 0.717) is 0 Å². The highest BCUT2D eigenvalue weighted by atomic mass is 16.5. The Morgan fingerprint density at radius 3 is 2.59 bits per heavy atom. The van der Waals surface area contributed by atoms with E-state index in [-0.39, 0.29) is 13.0 Å². The van der Waals surface area contributed by atoms with Crippen molar-refractivity contribution in [2.45, 2.75) is 26.4 Å². The lowest BCUT2D eigenvalue weighted by Gasteiger charge is -2.35. The van der Waals surface area contributed by atoms with E-state index in [0.717, 1.165) is 45.8 Å². The Balaban J connectivity index is 1.24.